The van der Waals surface area contributed by atoms with Gasteiger partial charge in [0.15, 0.2) is 0 Å². The summed E-state index contributed by atoms with van der Waals surface area (Å²) in [7, 11) is 0. The van der Waals surface area contributed by atoms with E-state index >= 15 is 0 Å². The summed E-state index contributed by atoms with van der Waals surface area (Å²) in [5, 5.41) is 5.54. The van der Waals surface area contributed by atoms with Crippen molar-refractivity contribution >= 4 is 17.6 Å². The third-order valence-corrected chi connectivity index (χ3v) is 4.68. The van der Waals surface area contributed by atoms with Crippen molar-refractivity contribution in [1.29, 1.82) is 0 Å². The van der Waals surface area contributed by atoms with Crippen LogP contribution in [0.3, 0.4) is 0 Å². The SMILES string of the molecule is O=C(Cc1cccc(C(F)(F)F)c1)NCc1cccc(NC(=O)N2CCCC2)c1. The van der Waals surface area contributed by atoms with Gasteiger partial charge in [0.1, 0.15) is 0 Å². The molecule has 0 saturated carbocycles. The van der Waals surface area contributed by atoms with E-state index in [0.717, 1.165) is 43.6 Å². The molecule has 1 aliphatic rings. The quantitative estimate of drug-likeness (QED) is 0.784. The lowest BCUT2D eigenvalue weighted by molar-refractivity contribution is -0.137. The second-order valence-corrected chi connectivity index (χ2v) is 6.98. The largest absolute Gasteiger partial charge is 0.416 e. The van der Waals surface area contributed by atoms with E-state index in [1.807, 2.05) is 0 Å². The van der Waals surface area contributed by atoms with Crippen LogP contribution in [0.4, 0.5) is 23.7 Å². The summed E-state index contributed by atoms with van der Waals surface area (Å²) in [4.78, 5) is 26.0. The molecule has 1 heterocycles. The van der Waals surface area contributed by atoms with Crippen LogP contribution in [-0.4, -0.2) is 29.9 Å². The van der Waals surface area contributed by atoms with Crippen molar-refractivity contribution < 1.29 is 22.8 Å². The molecular weight excluding hydrogens is 383 g/mol. The van der Waals surface area contributed by atoms with E-state index in [-0.39, 0.29) is 24.9 Å². The fourth-order valence-corrected chi connectivity index (χ4v) is 3.19. The molecule has 0 bridgehead atoms. The number of rotatable bonds is 5. The molecule has 2 aromatic rings. The molecule has 1 fully saturated rings. The number of hydrogen-bond donors (Lipinski definition) is 2. The van der Waals surface area contributed by atoms with Crippen molar-refractivity contribution in [1.82, 2.24) is 10.2 Å². The lowest BCUT2D eigenvalue weighted by Crippen LogP contribution is -2.32. The minimum atomic E-state index is -4.44. The number of nitrogens with zero attached hydrogens (tertiary/aromatic N) is 1. The summed E-state index contributed by atoms with van der Waals surface area (Å²) in [6.07, 6.45) is -2.57. The molecule has 3 rings (SSSR count). The fourth-order valence-electron chi connectivity index (χ4n) is 3.19. The number of carbonyl (C=O) groups is 2. The first-order valence-corrected chi connectivity index (χ1v) is 9.39. The van der Waals surface area contributed by atoms with E-state index in [1.54, 1.807) is 29.2 Å². The van der Waals surface area contributed by atoms with Crippen LogP contribution in [0.2, 0.25) is 0 Å². The minimum Gasteiger partial charge on any atom is -0.352 e. The second-order valence-electron chi connectivity index (χ2n) is 6.98. The number of halogens is 3. The average Bonchev–Trinajstić information content (AvgIpc) is 3.21. The number of hydrogen-bond acceptors (Lipinski definition) is 2. The van der Waals surface area contributed by atoms with Crippen LogP contribution in [0.5, 0.6) is 0 Å². The Morgan fingerprint density at radius 2 is 1.66 bits per heavy atom. The highest BCUT2D eigenvalue weighted by Crippen LogP contribution is 2.29. The Kier molecular flexibility index (Phi) is 6.41. The first-order chi connectivity index (χ1) is 13.8. The van der Waals surface area contributed by atoms with Crippen molar-refractivity contribution in [2.45, 2.75) is 32.0 Å². The number of likely N-dealkylation sites (tertiary alicyclic amines) is 1. The molecule has 154 valence electrons. The Labute approximate surface area is 166 Å². The number of nitrogens with one attached hydrogen (secondary N) is 2. The lowest BCUT2D eigenvalue weighted by atomic mass is 10.1. The van der Waals surface area contributed by atoms with Crippen LogP contribution < -0.4 is 10.6 Å². The zero-order chi connectivity index (χ0) is 20.9. The molecule has 3 amide bonds. The highest BCUT2D eigenvalue weighted by atomic mass is 19.4. The van der Waals surface area contributed by atoms with Crippen LogP contribution >= 0.6 is 0 Å². The highest BCUT2D eigenvalue weighted by Gasteiger charge is 2.30. The molecule has 0 spiro atoms. The zero-order valence-electron chi connectivity index (χ0n) is 15.8. The molecule has 0 unspecified atom stereocenters. The zero-order valence-corrected chi connectivity index (χ0v) is 15.8. The van der Waals surface area contributed by atoms with Gasteiger partial charge in [0, 0.05) is 25.3 Å². The highest BCUT2D eigenvalue weighted by molar-refractivity contribution is 5.89. The molecule has 2 N–H and O–H groups in total. The first-order valence-electron chi connectivity index (χ1n) is 9.39. The molecule has 8 heteroatoms. The molecule has 1 saturated heterocycles. The van der Waals surface area contributed by atoms with Crippen LogP contribution in [0.25, 0.3) is 0 Å². The maximum atomic E-state index is 12.8. The van der Waals surface area contributed by atoms with Crippen LogP contribution in [0.15, 0.2) is 48.5 Å². The molecule has 0 atom stereocenters. The van der Waals surface area contributed by atoms with Crippen LogP contribution in [-0.2, 0) is 23.9 Å². The third kappa shape index (κ3) is 5.97. The van der Waals surface area contributed by atoms with Crippen molar-refractivity contribution in [3.8, 4) is 0 Å². The molecule has 0 aliphatic carbocycles. The number of carbonyl (C=O) groups excluding carboxylic acids is 2. The average molecular weight is 405 g/mol. The Morgan fingerprint density at radius 3 is 2.38 bits per heavy atom. The lowest BCUT2D eigenvalue weighted by Gasteiger charge is -2.16. The summed E-state index contributed by atoms with van der Waals surface area (Å²) in [5.74, 6) is -0.379. The van der Waals surface area contributed by atoms with E-state index in [2.05, 4.69) is 10.6 Å². The van der Waals surface area contributed by atoms with E-state index in [9.17, 15) is 22.8 Å². The van der Waals surface area contributed by atoms with Gasteiger partial charge in [0.2, 0.25) is 5.91 Å². The summed E-state index contributed by atoms with van der Waals surface area (Å²) in [6.45, 7) is 1.71. The predicted molar refractivity (Wildman–Crippen MR) is 103 cm³/mol. The maximum absolute atomic E-state index is 12.8. The summed E-state index contributed by atoms with van der Waals surface area (Å²) < 4.78 is 38.3. The van der Waals surface area contributed by atoms with Gasteiger partial charge in [0.05, 0.1) is 12.0 Å². The molecule has 29 heavy (non-hydrogen) atoms. The first kappa shape index (κ1) is 20.7. The second kappa shape index (κ2) is 8.98. The van der Waals surface area contributed by atoms with Gasteiger partial charge in [-0.15, -0.1) is 0 Å². The van der Waals surface area contributed by atoms with E-state index in [1.165, 1.54) is 12.1 Å². The van der Waals surface area contributed by atoms with Crippen molar-refractivity contribution in [3.63, 3.8) is 0 Å². The van der Waals surface area contributed by atoms with Gasteiger partial charge in [0.25, 0.3) is 0 Å². The topological polar surface area (TPSA) is 61.4 Å². The molecule has 1 aliphatic heterocycles. The monoisotopic (exact) mass is 405 g/mol. The number of alkyl halides is 3. The van der Waals surface area contributed by atoms with Crippen molar-refractivity contribution in [3.05, 3.63) is 65.2 Å². The fraction of sp³-hybridized carbons (Fsp3) is 0.333. The normalized spacial score (nSPS) is 14.0. The molecule has 0 radical (unpaired) electrons. The third-order valence-electron chi connectivity index (χ3n) is 4.68. The van der Waals surface area contributed by atoms with Gasteiger partial charge in [-0.3, -0.25) is 4.79 Å². The number of anilines is 1. The maximum Gasteiger partial charge on any atom is 0.416 e. The van der Waals surface area contributed by atoms with Gasteiger partial charge in [-0.1, -0.05) is 30.3 Å². The van der Waals surface area contributed by atoms with Crippen LogP contribution in [0.1, 0.15) is 29.5 Å². The van der Waals surface area contributed by atoms with E-state index < -0.39 is 11.7 Å². The number of urea groups is 1. The predicted octanol–water partition coefficient (Wildman–Crippen LogP) is 4.19. The number of amides is 3. The van der Waals surface area contributed by atoms with Crippen LogP contribution in [0, 0.1) is 0 Å². The molecular formula is C21H22F3N3O2. The van der Waals surface area contributed by atoms with Gasteiger partial charge in [-0.05, 0) is 42.2 Å². The smallest absolute Gasteiger partial charge is 0.352 e. The summed E-state index contributed by atoms with van der Waals surface area (Å²) >= 11 is 0. The van der Waals surface area contributed by atoms with Crippen molar-refractivity contribution in [2.75, 3.05) is 18.4 Å². The Hall–Kier alpha value is -3.03. The Morgan fingerprint density at radius 1 is 0.966 bits per heavy atom. The van der Waals surface area contributed by atoms with Gasteiger partial charge < -0.3 is 15.5 Å². The van der Waals surface area contributed by atoms with Gasteiger partial charge in [-0.25, -0.2) is 4.79 Å². The Bertz CT molecular complexity index is 877. The molecule has 0 aromatic heterocycles. The van der Waals surface area contributed by atoms with Gasteiger partial charge in [-0.2, -0.15) is 13.2 Å². The summed E-state index contributed by atoms with van der Waals surface area (Å²) in [5.41, 5.74) is 0.932. The Balaban J connectivity index is 1.53. The van der Waals surface area contributed by atoms with E-state index in [0.29, 0.717) is 11.3 Å². The number of benzene rings is 2. The molecule has 2 aromatic carbocycles. The van der Waals surface area contributed by atoms with Gasteiger partial charge >= 0.3 is 12.2 Å². The van der Waals surface area contributed by atoms with E-state index in [4.69, 9.17) is 0 Å². The standard InChI is InChI=1S/C21H22F3N3O2/c22-21(23,24)17-7-3-5-15(11-17)13-19(28)25-14-16-6-4-8-18(12-16)26-20(29)27-9-1-2-10-27/h3-8,11-12H,1-2,9-10,13-14H2,(H,25,28)(H,26,29). The summed E-state index contributed by atoms with van der Waals surface area (Å²) in [6, 6.07) is 11.7. The molecule has 5 nitrogen and oxygen atoms in total. The minimum absolute atomic E-state index is 0.144. The van der Waals surface area contributed by atoms with Crippen molar-refractivity contribution in [2.24, 2.45) is 0 Å².